The van der Waals surface area contributed by atoms with Gasteiger partial charge in [-0.05, 0) is 38.1 Å². The van der Waals surface area contributed by atoms with Crippen LogP contribution >= 0.6 is 11.3 Å². The molecule has 1 N–H and O–H groups in total. The Hall–Kier alpha value is -0.830. The predicted octanol–water partition coefficient (Wildman–Crippen LogP) is 3.29. The van der Waals surface area contributed by atoms with E-state index in [1.807, 2.05) is 6.07 Å². The van der Waals surface area contributed by atoms with Gasteiger partial charge in [0.1, 0.15) is 0 Å². The van der Waals surface area contributed by atoms with Crippen molar-refractivity contribution < 1.29 is 4.79 Å². The minimum absolute atomic E-state index is 0.228. The van der Waals surface area contributed by atoms with Gasteiger partial charge in [0.2, 0.25) is 5.91 Å². The van der Waals surface area contributed by atoms with E-state index in [9.17, 15) is 4.79 Å². The molecule has 1 aliphatic carbocycles. The lowest BCUT2D eigenvalue weighted by Gasteiger charge is -2.26. The Morgan fingerprint density at radius 2 is 2.12 bits per heavy atom. The highest BCUT2D eigenvalue weighted by Crippen LogP contribution is 2.28. The van der Waals surface area contributed by atoms with Crippen LogP contribution in [0.4, 0.5) is 0 Å². The standard InChI is InChI=1S/C13H19NOS/c1-13(2,11-8-5-9-16-11)14-12(15)10-6-3-4-7-10/h5,8-10H,3-4,6-7H2,1-2H3,(H,14,15). The van der Waals surface area contributed by atoms with Gasteiger partial charge in [-0.2, -0.15) is 0 Å². The number of thiophene rings is 1. The minimum Gasteiger partial charge on any atom is -0.346 e. The highest BCUT2D eigenvalue weighted by molar-refractivity contribution is 7.10. The first-order valence-electron chi connectivity index (χ1n) is 5.95. The Balaban J connectivity index is 2.00. The number of hydrogen-bond donors (Lipinski definition) is 1. The molecule has 0 unspecified atom stereocenters. The van der Waals surface area contributed by atoms with E-state index in [2.05, 4.69) is 30.6 Å². The molecule has 16 heavy (non-hydrogen) atoms. The summed E-state index contributed by atoms with van der Waals surface area (Å²) in [6.45, 7) is 4.15. The average Bonchev–Trinajstić information content (AvgIpc) is 2.91. The van der Waals surface area contributed by atoms with E-state index in [1.165, 1.54) is 17.7 Å². The zero-order valence-corrected chi connectivity index (χ0v) is 10.8. The zero-order valence-electron chi connectivity index (χ0n) is 9.95. The van der Waals surface area contributed by atoms with Gasteiger partial charge in [0, 0.05) is 10.8 Å². The van der Waals surface area contributed by atoms with E-state index in [4.69, 9.17) is 0 Å². The van der Waals surface area contributed by atoms with Crippen LogP contribution in [-0.4, -0.2) is 5.91 Å². The highest BCUT2D eigenvalue weighted by Gasteiger charge is 2.29. The summed E-state index contributed by atoms with van der Waals surface area (Å²) in [5.41, 5.74) is -0.228. The largest absolute Gasteiger partial charge is 0.346 e. The number of carbonyl (C=O) groups is 1. The molecule has 0 saturated heterocycles. The third kappa shape index (κ3) is 2.46. The quantitative estimate of drug-likeness (QED) is 0.858. The SMILES string of the molecule is CC(C)(NC(=O)C1CCCC1)c1cccs1. The van der Waals surface area contributed by atoms with Crippen LogP contribution in [0.1, 0.15) is 44.4 Å². The molecular weight excluding hydrogens is 218 g/mol. The van der Waals surface area contributed by atoms with Gasteiger partial charge in [-0.1, -0.05) is 18.9 Å². The zero-order chi connectivity index (χ0) is 11.6. The fraction of sp³-hybridized carbons (Fsp3) is 0.615. The van der Waals surface area contributed by atoms with Crippen LogP contribution in [0, 0.1) is 5.92 Å². The molecule has 1 aromatic heterocycles. The van der Waals surface area contributed by atoms with Crippen LogP contribution in [0.15, 0.2) is 17.5 Å². The highest BCUT2D eigenvalue weighted by atomic mass is 32.1. The smallest absolute Gasteiger partial charge is 0.223 e. The lowest BCUT2D eigenvalue weighted by molar-refractivity contribution is -0.126. The van der Waals surface area contributed by atoms with Gasteiger partial charge in [-0.3, -0.25) is 4.79 Å². The van der Waals surface area contributed by atoms with Crippen LogP contribution < -0.4 is 5.32 Å². The molecule has 2 rings (SSSR count). The van der Waals surface area contributed by atoms with Crippen LogP contribution in [-0.2, 0) is 10.3 Å². The van der Waals surface area contributed by atoms with Gasteiger partial charge in [0.25, 0.3) is 0 Å². The molecular formula is C13H19NOS. The van der Waals surface area contributed by atoms with Crippen molar-refractivity contribution in [1.29, 1.82) is 0 Å². The molecule has 88 valence electrons. The first kappa shape index (κ1) is 11.6. The second-order valence-electron chi connectivity index (χ2n) is 5.07. The molecule has 0 radical (unpaired) electrons. The molecule has 0 spiro atoms. The maximum absolute atomic E-state index is 12.0. The summed E-state index contributed by atoms with van der Waals surface area (Å²) in [5, 5.41) is 5.23. The average molecular weight is 237 g/mol. The molecule has 1 heterocycles. The number of carbonyl (C=O) groups excluding carboxylic acids is 1. The summed E-state index contributed by atoms with van der Waals surface area (Å²) in [6.07, 6.45) is 4.54. The third-order valence-corrected chi connectivity index (χ3v) is 4.49. The second kappa shape index (κ2) is 4.58. The number of rotatable bonds is 3. The van der Waals surface area contributed by atoms with Gasteiger partial charge >= 0.3 is 0 Å². The van der Waals surface area contributed by atoms with Crippen LogP contribution in [0.3, 0.4) is 0 Å². The first-order valence-corrected chi connectivity index (χ1v) is 6.83. The van der Waals surface area contributed by atoms with Crippen molar-refractivity contribution >= 4 is 17.2 Å². The van der Waals surface area contributed by atoms with Gasteiger partial charge < -0.3 is 5.32 Å². The summed E-state index contributed by atoms with van der Waals surface area (Å²) >= 11 is 1.70. The molecule has 0 atom stereocenters. The van der Waals surface area contributed by atoms with Crippen LogP contribution in [0.5, 0.6) is 0 Å². The fourth-order valence-corrected chi connectivity index (χ4v) is 3.10. The Bertz CT molecular complexity index is 350. The summed E-state index contributed by atoms with van der Waals surface area (Å²) in [4.78, 5) is 13.3. The fourth-order valence-electron chi connectivity index (χ4n) is 2.29. The molecule has 1 saturated carbocycles. The van der Waals surface area contributed by atoms with Gasteiger partial charge in [-0.25, -0.2) is 0 Å². The summed E-state index contributed by atoms with van der Waals surface area (Å²) < 4.78 is 0. The van der Waals surface area contributed by atoms with E-state index >= 15 is 0 Å². The van der Waals surface area contributed by atoms with E-state index in [0.717, 1.165) is 12.8 Å². The molecule has 2 nitrogen and oxygen atoms in total. The van der Waals surface area contributed by atoms with Crippen molar-refractivity contribution in [3.63, 3.8) is 0 Å². The van der Waals surface area contributed by atoms with E-state index in [-0.39, 0.29) is 17.4 Å². The number of amides is 1. The van der Waals surface area contributed by atoms with E-state index in [1.54, 1.807) is 11.3 Å². The minimum atomic E-state index is -0.228. The second-order valence-corrected chi connectivity index (χ2v) is 6.02. The molecule has 1 fully saturated rings. The Labute approximate surface area is 101 Å². The van der Waals surface area contributed by atoms with Crippen molar-refractivity contribution in [2.45, 2.75) is 45.1 Å². The molecule has 0 aliphatic heterocycles. The molecule has 0 aromatic carbocycles. The van der Waals surface area contributed by atoms with Crippen molar-refractivity contribution in [3.8, 4) is 0 Å². The lowest BCUT2D eigenvalue weighted by atomic mass is 10.00. The molecule has 1 amide bonds. The van der Waals surface area contributed by atoms with Crippen LogP contribution in [0.2, 0.25) is 0 Å². The Kier molecular flexibility index (Phi) is 3.33. The predicted molar refractivity (Wildman–Crippen MR) is 67.4 cm³/mol. The monoisotopic (exact) mass is 237 g/mol. The van der Waals surface area contributed by atoms with Crippen LogP contribution in [0.25, 0.3) is 0 Å². The lowest BCUT2D eigenvalue weighted by Crippen LogP contribution is -2.43. The topological polar surface area (TPSA) is 29.1 Å². The van der Waals surface area contributed by atoms with E-state index < -0.39 is 0 Å². The normalized spacial score (nSPS) is 17.6. The molecule has 1 aromatic rings. The molecule has 1 aliphatic rings. The third-order valence-electron chi connectivity index (χ3n) is 3.30. The maximum Gasteiger partial charge on any atom is 0.223 e. The number of hydrogen-bond acceptors (Lipinski definition) is 2. The van der Waals surface area contributed by atoms with Gasteiger partial charge in [0.05, 0.1) is 5.54 Å². The van der Waals surface area contributed by atoms with Crippen molar-refractivity contribution in [2.24, 2.45) is 5.92 Å². The van der Waals surface area contributed by atoms with Gasteiger partial charge in [-0.15, -0.1) is 11.3 Å². The Morgan fingerprint density at radius 1 is 1.44 bits per heavy atom. The molecule has 0 bridgehead atoms. The van der Waals surface area contributed by atoms with Crippen molar-refractivity contribution in [3.05, 3.63) is 22.4 Å². The summed E-state index contributed by atoms with van der Waals surface area (Å²) in [5.74, 6) is 0.482. The van der Waals surface area contributed by atoms with Crippen molar-refractivity contribution in [1.82, 2.24) is 5.32 Å². The summed E-state index contributed by atoms with van der Waals surface area (Å²) in [7, 11) is 0. The van der Waals surface area contributed by atoms with Gasteiger partial charge in [0.15, 0.2) is 0 Å². The number of nitrogens with one attached hydrogen (secondary N) is 1. The Morgan fingerprint density at radius 3 is 2.69 bits per heavy atom. The van der Waals surface area contributed by atoms with E-state index in [0.29, 0.717) is 0 Å². The molecule has 3 heteroatoms. The first-order chi connectivity index (χ1) is 7.59. The van der Waals surface area contributed by atoms with Crippen molar-refractivity contribution in [2.75, 3.05) is 0 Å². The maximum atomic E-state index is 12.0. The summed E-state index contributed by atoms with van der Waals surface area (Å²) in [6, 6.07) is 4.11.